The molecule has 0 amide bonds. The highest BCUT2D eigenvalue weighted by Crippen LogP contribution is 2.22. The van der Waals surface area contributed by atoms with Gasteiger partial charge < -0.3 is 9.84 Å². The van der Waals surface area contributed by atoms with Crippen LogP contribution in [-0.4, -0.2) is 41.8 Å². The smallest absolute Gasteiger partial charge is 0.340 e. The van der Waals surface area contributed by atoms with Crippen molar-refractivity contribution >= 4 is 5.97 Å². The summed E-state index contributed by atoms with van der Waals surface area (Å²) in [6.45, 7) is 3.73. The Balaban J connectivity index is 2.07. The largest absolute Gasteiger partial charge is 0.465 e. The molecule has 1 unspecified atom stereocenters. The summed E-state index contributed by atoms with van der Waals surface area (Å²) in [6.07, 6.45) is 0.718. The normalized spacial score (nSPS) is 23.6. The zero-order chi connectivity index (χ0) is 14.0. The molecule has 0 aliphatic carbocycles. The van der Waals surface area contributed by atoms with E-state index in [1.807, 2.05) is 0 Å². The Bertz CT molecular complexity index is 488. The van der Waals surface area contributed by atoms with E-state index in [1.165, 1.54) is 19.2 Å². The number of carbonyl (C=O) groups is 1. The van der Waals surface area contributed by atoms with Crippen molar-refractivity contribution in [3.8, 4) is 0 Å². The number of likely N-dealkylation sites (tertiary alicyclic amines) is 1. The first-order valence-corrected chi connectivity index (χ1v) is 6.23. The predicted octanol–water partition coefficient (Wildman–Crippen LogP) is 1.57. The van der Waals surface area contributed by atoms with Crippen LogP contribution in [0, 0.1) is 5.82 Å². The summed E-state index contributed by atoms with van der Waals surface area (Å²) in [4.78, 5) is 13.3. The van der Waals surface area contributed by atoms with E-state index in [4.69, 9.17) is 0 Å². The van der Waals surface area contributed by atoms with Gasteiger partial charge in [0.25, 0.3) is 0 Å². The second-order valence-corrected chi connectivity index (χ2v) is 5.26. The third kappa shape index (κ3) is 3.30. The van der Waals surface area contributed by atoms with Crippen molar-refractivity contribution in [3.63, 3.8) is 0 Å². The van der Waals surface area contributed by atoms with Crippen molar-refractivity contribution in [1.29, 1.82) is 0 Å². The molecule has 19 heavy (non-hydrogen) atoms. The van der Waals surface area contributed by atoms with Crippen LogP contribution in [0.4, 0.5) is 4.39 Å². The lowest BCUT2D eigenvalue weighted by molar-refractivity contribution is 0.0595. The highest BCUT2D eigenvalue weighted by atomic mass is 19.1. The first-order chi connectivity index (χ1) is 8.91. The molecule has 1 fully saturated rings. The summed E-state index contributed by atoms with van der Waals surface area (Å²) >= 11 is 0. The van der Waals surface area contributed by atoms with Crippen LogP contribution in [0.15, 0.2) is 18.2 Å². The van der Waals surface area contributed by atoms with Crippen molar-refractivity contribution in [2.45, 2.75) is 25.5 Å². The summed E-state index contributed by atoms with van der Waals surface area (Å²) < 4.78 is 18.2. The minimum Gasteiger partial charge on any atom is -0.465 e. The molecule has 1 saturated heterocycles. The van der Waals surface area contributed by atoms with Crippen LogP contribution >= 0.6 is 0 Å². The molecule has 2 rings (SSSR count). The Morgan fingerprint density at radius 3 is 2.84 bits per heavy atom. The number of methoxy groups -OCH3 is 1. The second-order valence-electron chi connectivity index (χ2n) is 5.26. The monoisotopic (exact) mass is 267 g/mol. The number of hydrogen-bond donors (Lipinski definition) is 1. The van der Waals surface area contributed by atoms with Crippen molar-refractivity contribution in [3.05, 3.63) is 35.1 Å². The van der Waals surface area contributed by atoms with Crippen LogP contribution in [0.25, 0.3) is 0 Å². The Labute approximate surface area is 111 Å². The molecule has 1 heterocycles. The standard InChI is InChI=1S/C14H18FNO3/c1-14(18)5-6-16(9-14)8-10-3-4-11(12(15)7-10)13(17)19-2/h3-4,7,18H,5-6,8-9H2,1-2H3. The number of aliphatic hydroxyl groups is 1. The van der Waals surface area contributed by atoms with Gasteiger partial charge in [-0.25, -0.2) is 9.18 Å². The maximum Gasteiger partial charge on any atom is 0.340 e. The molecule has 0 radical (unpaired) electrons. The maximum absolute atomic E-state index is 13.7. The van der Waals surface area contributed by atoms with E-state index >= 15 is 0 Å². The van der Waals surface area contributed by atoms with Gasteiger partial charge in [-0.3, -0.25) is 4.90 Å². The molecule has 0 spiro atoms. The molecule has 104 valence electrons. The Morgan fingerprint density at radius 2 is 2.32 bits per heavy atom. The Kier molecular flexibility index (Phi) is 3.87. The van der Waals surface area contributed by atoms with Gasteiger partial charge in [0.1, 0.15) is 5.82 Å². The first-order valence-electron chi connectivity index (χ1n) is 6.23. The van der Waals surface area contributed by atoms with E-state index in [1.54, 1.807) is 13.0 Å². The van der Waals surface area contributed by atoms with Crippen molar-refractivity contribution < 1.29 is 19.0 Å². The predicted molar refractivity (Wildman–Crippen MR) is 68.3 cm³/mol. The number of hydrogen-bond acceptors (Lipinski definition) is 4. The molecule has 0 bridgehead atoms. The van der Waals surface area contributed by atoms with E-state index in [2.05, 4.69) is 9.64 Å². The third-order valence-corrected chi connectivity index (χ3v) is 3.38. The average Bonchev–Trinajstić information content (AvgIpc) is 2.68. The zero-order valence-corrected chi connectivity index (χ0v) is 11.1. The van der Waals surface area contributed by atoms with Gasteiger partial charge in [0, 0.05) is 19.6 Å². The summed E-state index contributed by atoms with van der Waals surface area (Å²) in [5, 5.41) is 9.87. The number of ether oxygens (including phenoxy) is 1. The minimum atomic E-state index is -0.673. The topological polar surface area (TPSA) is 49.8 Å². The highest BCUT2D eigenvalue weighted by molar-refractivity contribution is 5.89. The number of halogens is 1. The first kappa shape index (κ1) is 14.0. The van der Waals surface area contributed by atoms with Crippen LogP contribution in [0.1, 0.15) is 29.3 Å². The fourth-order valence-electron chi connectivity index (χ4n) is 2.36. The van der Waals surface area contributed by atoms with Crippen LogP contribution in [0.2, 0.25) is 0 Å². The van der Waals surface area contributed by atoms with E-state index in [-0.39, 0.29) is 5.56 Å². The summed E-state index contributed by atoms with van der Waals surface area (Å²) in [6, 6.07) is 4.49. The number of esters is 1. The van der Waals surface area contributed by atoms with Crippen molar-refractivity contribution in [2.75, 3.05) is 20.2 Å². The van der Waals surface area contributed by atoms with Gasteiger partial charge >= 0.3 is 5.97 Å². The van der Waals surface area contributed by atoms with Crippen LogP contribution in [-0.2, 0) is 11.3 Å². The quantitative estimate of drug-likeness (QED) is 0.845. The SMILES string of the molecule is COC(=O)c1ccc(CN2CCC(C)(O)C2)cc1F. The number of β-amino-alcohol motifs (C(OH)–C–C–N with tert-alkyl or cyclic N) is 1. The molecular weight excluding hydrogens is 249 g/mol. The molecular formula is C14H18FNO3. The maximum atomic E-state index is 13.7. The molecule has 1 aliphatic rings. The molecule has 1 aromatic rings. The Hall–Kier alpha value is -1.46. The van der Waals surface area contributed by atoms with Gasteiger partial charge in [0.05, 0.1) is 18.3 Å². The van der Waals surface area contributed by atoms with E-state index in [9.17, 15) is 14.3 Å². The van der Waals surface area contributed by atoms with Gasteiger partial charge in [-0.1, -0.05) is 6.07 Å². The fraction of sp³-hybridized carbons (Fsp3) is 0.500. The Morgan fingerprint density at radius 1 is 1.58 bits per heavy atom. The number of nitrogens with zero attached hydrogens (tertiary/aromatic N) is 1. The number of carbonyl (C=O) groups excluding carboxylic acids is 1. The van der Waals surface area contributed by atoms with Crippen LogP contribution < -0.4 is 0 Å². The average molecular weight is 267 g/mol. The summed E-state index contributed by atoms with van der Waals surface area (Å²) in [7, 11) is 1.22. The van der Waals surface area contributed by atoms with E-state index < -0.39 is 17.4 Å². The molecule has 1 atom stereocenters. The molecule has 5 heteroatoms. The fourth-order valence-corrected chi connectivity index (χ4v) is 2.36. The lowest BCUT2D eigenvalue weighted by Gasteiger charge is -2.18. The molecule has 0 saturated carbocycles. The summed E-state index contributed by atoms with van der Waals surface area (Å²) in [5.74, 6) is -1.25. The molecule has 1 N–H and O–H groups in total. The molecule has 0 aromatic heterocycles. The van der Waals surface area contributed by atoms with E-state index in [0.29, 0.717) is 13.1 Å². The van der Waals surface area contributed by atoms with Gasteiger partial charge in [-0.2, -0.15) is 0 Å². The number of rotatable bonds is 3. The molecule has 1 aromatic carbocycles. The highest BCUT2D eigenvalue weighted by Gasteiger charge is 2.31. The van der Waals surface area contributed by atoms with Crippen LogP contribution in [0.5, 0.6) is 0 Å². The van der Waals surface area contributed by atoms with Crippen molar-refractivity contribution in [2.24, 2.45) is 0 Å². The zero-order valence-electron chi connectivity index (χ0n) is 11.1. The summed E-state index contributed by atoms with van der Waals surface area (Å²) in [5.41, 5.74) is 0.0624. The van der Waals surface area contributed by atoms with Crippen LogP contribution in [0.3, 0.4) is 0 Å². The van der Waals surface area contributed by atoms with E-state index in [0.717, 1.165) is 18.5 Å². The van der Waals surface area contributed by atoms with Crippen molar-refractivity contribution in [1.82, 2.24) is 4.90 Å². The number of benzene rings is 1. The van der Waals surface area contributed by atoms with Gasteiger partial charge in [0.15, 0.2) is 0 Å². The third-order valence-electron chi connectivity index (χ3n) is 3.38. The minimum absolute atomic E-state index is 0.0559. The second kappa shape index (κ2) is 5.27. The lowest BCUT2D eigenvalue weighted by Crippen LogP contribution is -2.29. The lowest BCUT2D eigenvalue weighted by atomic mass is 10.1. The van der Waals surface area contributed by atoms with Gasteiger partial charge in [0.2, 0.25) is 0 Å². The molecule has 4 nitrogen and oxygen atoms in total. The van der Waals surface area contributed by atoms with Gasteiger partial charge in [-0.05, 0) is 31.0 Å². The molecule has 1 aliphatic heterocycles. The van der Waals surface area contributed by atoms with Gasteiger partial charge in [-0.15, -0.1) is 0 Å².